The van der Waals surface area contributed by atoms with Crippen LogP contribution in [0.25, 0.3) is 0 Å². The van der Waals surface area contributed by atoms with Crippen molar-refractivity contribution in [3.8, 4) is 5.75 Å². The van der Waals surface area contributed by atoms with E-state index in [0.717, 1.165) is 30.9 Å². The molecule has 1 N–H and O–H groups in total. The number of hydrogen-bond acceptors (Lipinski definition) is 3. The number of nitrogens with zero attached hydrogens (tertiary/aromatic N) is 1. The van der Waals surface area contributed by atoms with Gasteiger partial charge < -0.3 is 15.0 Å². The van der Waals surface area contributed by atoms with Gasteiger partial charge >= 0.3 is 0 Å². The molecule has 1 fully saturated rings. The van der Waals surface area contributed by atoms with Gasteiger partial charge in [-0.05, 0) is 24.5 Å². The highest BCUT2D eigenvalue weighted by Crippen LogP contribution is 2.29. The van der Waals surface area contributed by atoms with E-state index in [1.54, 1.807) is 7.11 Å². The van der Waals surface area contributed by atoms with Gasteiger partial charge in [-0.25, -0.2) is 0 Å². The molecule has 1 aliphatic rings. The molecule has 4 nitrogen and oxygen atoms in total. The number of carbonyl (C=O) groups is 1. The maximum absolute atomic E-state index is 12.4. The second kappa shape index (κ2) is 6.75. The molecule has 1 aromatic carbocycles. The third-order valence-electron chi connectivity index (χ3n) is 3.97. The predicted octanol–water partition coefficient (Wildman–Crippen LogP) is 2.01. The van der Waals surface area contributed by atoms with Gasteiger partial charge in [0, 0.05) is 32.1 Å². The van der Waals surface area contributed by atoms with Crippen LogP contribution in [-0.2, 0) is 4.79 Å². The summed E-state index contributed by atoms with van der Waals surface area (Å²) in [6.07, 6.45) is 0.532. The van der Waals surface area contributed by atoms with Crippen molar-refractivity contribution >= 4 is 5.91 Å². The van der Waals surface area contributed by atoms with Crippen LogP contribution < -0.4 is 10.1 Å². The lowest BCUT2D eigenvalue weighted by Gasteiger charge is -2.34. The molecule has 0 radical (unpaired) electrons. The number of amides is 1. The summed E-state index contributed by atoms with van der Waals surface area (Å²) in [6, 6.07) is 8.21. The Morgan fingerprint density at radius 3 is 2.95 bits per heavy atom. The summed E-state index contributed by atoms with van der Waals surface area (Å²) in [5.74, 6) is 1.26. The second-order valence-electron chi connectivity index (χ2n) is 5.49. The maximum atomic E-state index is 12.4. The van der Waals surface area contributed by atoms with Crippen molar-refractivity contribution in [2.75, 3.05) is 26.7 Å². The Kier molecular flexibility index (Phi) is 5.01. The SMILES string of the molecule is COc1ccccc1[C@H](C)CC(=O)N1CCNC[C@H]1C. The lowest BCUT2D eigenvalue weighted by Crippen LogP contribution is -2.52. The molecule has 1 saturated heterocycles. The first-order chi connectivity index (χ1) is 9.63. The third kappa shape index (κ3) is 3.31. The van der Waals surface area contributed by atoms with Gasteiger partial charge in [0.25, 0.3) is 0 Å². The smallest absolute Gasteiger partial charge is 0.223 e. The van der Waals surface area contributed by atoms with Gasteiger partial charge in [0.05, 0.1) is 7.11 Å². The van der Waals surface area contributed by atoms with Gasteiger partial charge in [-0.1, -0.05) is 25.1 Å². The van der Waals surface area contributed by atoms with E-state index in [1.807, 2.05) is 29.2 Å². The van der Waals surface area contributed by atoms with E-state index in [0.29, 0.717) is 6.42 Å². The van der Waals surface area contributed by atoms with Gasteiger partial charge in [-0.3, -0.25) is 4.79 Å². The summed E-state index contributed by atoms with van der Waals surface area (Å²) in [6.45, 7) is 6.76. The topological polar surface area (TPSA) is 41.6 Å². The third-order valence-corrected chi connectivity index (χ3v) is 3.97. The zero-order chi connectivity index (χ0) is 14.5. The summed E-state index contributed by atoms with van der Waals surface area (Å²) in [5, 5.41) is 3.31. The van der Waals surface area contributed by atoms with E-state index in [2.05, 4.69) is 19.2 Å². The number of para-hydroxylation sites is 1. The highest BCUT2D eigenvalue weighted by molar-refractivity contribution is 5.77. The molecule has 1 aromatic rings. The zero-order valence-electron chi connectivity index (χ0n) is 12.6. The molecule has 0 saturated carbocycles. The molecule has 1 heterocycles. The lowest BCUT2D eigenvalue weighted by atomic mass is 9.95. The quantitative estimate of drug-likeness (QED) is 0.914. The molecule has 0 aromatic heterocycles. The van der Waals surface area contributed by atoms with Crippen LogP contribution in [0.2, 0.25) is 0 Å². The zero-order valence-corrected chi connectivity index (χ0v) is 12.6. The Bertz CT molecular complexity index is 462. The van der Waals surface area contributed by atoms with Gasteiger partial charge in [0.15, 0.2) is 0 Å². The van der Waals surface area contributed by atoms with E-state index in [9.17, 15) is 4.79 Å². The molecule has 110 valence electrons. The monoisotopic (exact) mass is 276 g/mol. The van der Waals surface area contributed by atoms with Crippen LogP contribution in [0.1, 0.15) is 31.7 Å². The van der Waals surface area contributed by atoms with Crippen LogP contribution in [0.3, 0.4) is 0 Å². The van der Waals surface area contributed by atoms with Crippen LogP contribution >= 0.6 is 0 Å². The first-order valence-electron chi connectivity index (χ1n) is 7.26. The Hall–Kier alpha value is -1.55. The molecule has 4 heteroatoms. The molecular weight excluding hydrogens is 252 g/mol. The van der Waals surface area contributed by atoms with Gasteiger partial charge in [-0.15, -0.1) is 0 Å². The summed E-state index contributed by atoms with van der Waals surface area (Å²) in [4.78, 5) is 14.4. The Labute approximate surface area is 121 Å². The minimum absolute atomic E-state index is 0.167. The van der Waals surface area contributed by atoms with E-state index in [4.69, 9.17) is 4.74 Å². The van der Waals surface area contributed by atoms with Crippen molar-refractivity contribution < 1.29 is 9.53 Å². The number of rotatable bonds is 4. The van der Waals surface area contributed by atoms with Gasteiger partial charge in [0.2, 0.25) is 5.91 Å². The first-order valence-corrected chi connectivity index (χ1v) is 7.26. The van der Waals surface area contributed by atoms with Gasteiger partial charge in [-0.2, -0.15) is 0 Å². The number of benzene rings is 1. The summed E-state index contributed by atoms with van der Waals surface area (Å²) in [7, 11) is 1.67. The molecule has 2 atom stereocenters. The number of hydrogen-bond donors (Lipinski definition) is 1. The normalized spacial score (nSPS) is 20.6. The van der Waals surface area contributed by atoms with E-state index in [-0.39, 0.29) is 17.9 Å². The van der Waals surface area contributed by atoms with Crippen molar-refractivity contribution in [2.45, 2.75) is 32.2 Å². The van der Waals surface area contributed by atoms with Crippen molar-refractivity contribution in [1.29, 1.82) is 0 Å². The predicted molar refractivity (Wildman–Crippen MR) is 80.1 cm³/mol. The number of ether oxygens (including phenoxy) is 1. The fourth-order valence-corrected chi connectivity index (χ4v) is 2.77. The minimum Gasteiger partial charge on any atom is -0.496 e. The molecular formula is C16H24N2O2. The average Bonchev–Trinajstić information content (AvgIpc) is 2.47. The molecule has 0 unspecified atom stereocenters. The van der Waals surface area contributed by atoms with Crippen molar-refractivity contribution in [2.24, 2.45) is 0 Å². The Balaban J connectivity index is 2.03. The summed E-state index contributed by atoms with van der Waals surface area (Å²) >= 11 is 0. The van der Waals surface area contributed by atoms with Crippen molar-refractivity contribution in [3.63, 3.8) is 0 Å². The maximum Gasteiger partial charge on any atom is 0.223 e. The standard InChI is InChI=1S/C16H24N2O2/c1-12(14-6-4-5-7-15(14)20-3)10-16(19)18-9-8-17-11-13(18)2/h4-7,12-13,17H,8-11H2,1-3H3/t12-,13-/m1/s1. The van der Waals surface area contributed by atoms with Crippen LogP contribution in [-0.4, -0.2) is 43.6 Å². The lowest BCUT2D eigenvalue weighted by molar-refractivity contribution is -0.134. The Morgan fingerprint density at radius 1 is 1.50 bits per heavy atom. The molecule has 1 aliphatic heterocycles. The minimum atomic E-state index is 0.167. The fourth-order valence-electron chi connectivity index (χ4n) is 2.77. The summed E-state index contributed by atoms with van der Waals surface area (Å²) < 4.78 is 5.38. The van der Waals surface area contributed by atoms with Crippen LogP contribution in [0.4, 0.5) is 0 Å². The largest absolute Gasteiger partial charge is 0.496 e. The fraction of sp³-hybridized carbons (Fsp3) is 0.562. The van der Waals surface area contributed by atoms with Crippen molar-refractivity contribution in [1.82, 2.24) is 10.2 Å². The average molecular weight is 276 g/mol. The highest BCUT2D eigenvalue weighted by atomic mass is 16.5. The molecule has 0 spiro atoms. The molecule has 2 rings (SSSR count). The van der Waals surface area contributed by atoms with E-state index in [1.165, 1.54) is 0 Å². The van der Waals surface area contributed by atoms with E-state index < -0.39 is 0 Å². The number of nitrogens with one attached hydrogen (secondary N) is 1. The number of piperazine rings is 1. The molecule has 0 bridgehead atoms. The van der Waals surface area contributed by atoms with Crippen LogP contribution in [0, 0.1) is 0 Å². The van der Waals surface area contributed by atoms with Crippen LogP contribution in [0.15, 0.2) is 24.3 Å². The molecule has 1 amide bonds. The molecule has 20 heavy (non-hydrogen) atoms. The second-order valence-corrected chi connectivity index (χ2v) is 5.49. The van der Waals surface area contributed by atoms with Crippen molar-refractivity contribution in [3.05, 3.63) is 29.8 Å². The molecule has 0 aliphatic carbocycles. The first kappa shape index (κ1) is 14.9. The highest BCUT2D eigenvalue weighted by Gasteiger charge is 2.25. The Morgan fingerprint density at radius 2 is 2.25 bits per heavy atom. The van der Waals surface area contributed by atoms with Gasteiger partial charge in [0.1, 0.15) is 5.75 Å². The van der Waals surface area contributed by atoms with E-state index >= 15 is 0 Å². The van der Waals surface area contributed by atoms with Crippen LogP contribution in [0.5, 0.6) is 5.75 Å². The summed E-state index contributed by atoms with van der Waals surface area (Å²) in [5.41, 5.74) is 1.10. The number of carbonyl (C=O) groups excluding carboxylic acids is 1. The number of methoxy groups -OCH3 is 1.